The number of rotatable bonds is 2. The third-order valence-corrected chi connectivity index (χ3v) is 2.26. The van der Waals surface area contributed by atoms with Crippen molar-refractivity contribution in [1.29, 1.82) is 5.41 Å². The van der Waals surface area contributed by atoms with Crippen LogP contribution in [0.25, 0.3) is 0 Å². The van der Waals surface area contributed by atoms with E-state index in [0.717, 1.165) is 4.90 Å². The molecule has 3 nitrogen and oxygen atoms in total. The fourth-order valence-electron chi connectivity index (χ4n) is 1.06. The third kappa shape index (κ3) is 9.97. The number of hydrogen-bond donors (Lipinski definition) is 4. The molecule has 1 aromatic rings. The summed E-state index contributed by atoms with van der Waals surface area (Å²) in [5.74, 6) is 0.0121. The highest BCUT2D eigenvalue weighted by Gasteiger charge is 2.00. The minimum absolute atomic E-state index is 0.0121. The molecular weight excluding hydrogens is 254 g/mol. The maximum absolute atomic E-state index is 7.07. The smallest absolute Gasteiger partial charge is 0.124 e. The predicted octanol–water partition coefficient (Wildman–Crippen LogP) is 3.73. The molecule has 0 atom stereocenters. The van der Waals surface area contributed by atoms with Crippen LogP contribution in [0, 0.1) is 5.41 Å². The Kier molecular flexibility index (Phi) is 13.2. The van der Waals surface area contributed by atoms with Gasteiger partial charge in [0.25, 0.3) is 0 Å². The van der Waals surface area contributed by atoms with Crippen LogP contribution in [0.1, 0.15) is 27.7 Å². The first-order valence-electron chi connectivity index (χ1n) is 6.19. The summed E-state index contributed by atoms with van der Waals surface area (Å²) in [5, 5.41) is 7.07. The molecule has 0 heterocycles. The van der Waals surface area contributed by atoms with Crippen LogP contribution in [-0.2, 0) is 0 Å². The molecule has 1 aromatic carbocycles. The van der Waals surface area contributed by atoms with Crippen LogP contribution >= 0.6 is 12.6 Å². The number of nitrogens with one attached hydrogen (secondary N) is 1. The van der Waals surface area contributed by atoms with Gasteiger partial charge < -0.3 is 11.5 Å². The zero-order valence-corrected chi connectivity index (χ0v) is 13.0. The summed E-state index contributed by atoms with van der Waals surface area (Å²) in [6, 6.07) is 9.79. The molecule has 0 saturated carbocycles. The van der Waals surface area contributed by atoms with Gasteiger partial charge in [0, 0.05) is 16.2 Å². The van der Waals surface area contributed by atoms with Gasteiger partial charge in [0.15, 0.2) is 0 Å². The fraction of sp³-hybridized carbons (Fsp3) is 0.267. The van der Waals surface area contributed by atoms with Crippen LogP contribution in [0.4, 0.5) is 0 Å². The lowest BCUT2D eigenvalue weighted by atomic mass is 10.1. The maximum atomic E-state index is 7.07. The Morgan fingerprint density at radius 1 is 1.05 bits per heavy atom. The Balaban J connectivity index is 0. The highest BCUT2D eigenvalue weighted by Crippen LogP contribution is 2.01. The summed E-state index contributed by atoms with van der Waals surface area (Å²) in [4.78, 5) is 1.02. The molecule has 0 aliphatic heterocycles. The van der Waals surface area contributed by atoms with Gasteiger partial charge in [-0.05, 0) is 26.0 Å². The van der Waals surface area contributed by atoms with Crippen molar-refractivity contribution in [2.45, 2.75) is 32.6 Å². The van der Waals surface area contributed by atoms with Gasteiger partial charge in [-0.3, -0.25) is 5.41 Å². The van der Waals surface area contributed by atoms with Crippen LogP contribution in [-0.4, -0.2) is 5.84 Å². The summed E-state index contributed by atoms with van der Waals surface area (Å²) in [7, 11) is 0. The lowest BCUT2D eigenvalue weighted by Gasteiger charge is -2.02. The van der Waals surface area contributed by atoms with E-state index in [-0.39, 0.29) is 5.84 Å². The normalized spacial score (nSPS) is 10.6. The van der Waals surface area contributed by atoms with Crippen molar-refractivity contribution in [1.82, 2.24) is 0 Å². The summed E-state index contributed by atoms with van der Waals surface area (Å²) in [6.45, 7) is 7.61. The Morgan fingerprint density at radius 3 is 1.68 bits per heavy atom. The SMILES string of the molecule is C/C=C(N)\C(=C/C)C(=N)N.CC.Sc1ccccc1. The van der Waals surface area contributed by atoms with E-state index >= 15 is 0 Å². The summed E-state index contributed by atoms with van der Waals surface area (Å²) in [6.07, 6.45) is 3.44. The van der Waals surface area contributed by atoms with E-state index in [9.17, 15) is 0 Å². The molecule has 106 valence electrons. The van der Waals surface area contributed by atoms with E-state index in [0.29, 0.717) is 11.3 Å². The van der Waals surface area contributed by atoms with Crippen molar-refractivity contribution < 1.29 is 0 Å². The molecule has 0 aliphatic rings. The number of allylic oxidation sites excluding steroid dienone is 2. The Labute approximate surface area is 122 Å². The molecule has 0 amide bonds. The van der Waals surface area contributed by atoms with Crippen molar-refractivity contribution in [3.05, 3.63) is 53.8 Å². The number of thiol groups is 1. The second-order valence-corrected chi connectivity index (χ2v) is 3.71. The maximum Gasteiger partial charge on any atom is 0.124 e. The first-order valence-corrected chi connectivity index (χ1v) is 6.64. The van der Waals surface area contributed by atoms with Gasteiger partial charge in [-0.25, -0.2) is 0 Å². The van der Waals surface area contributed by atoms with Crippen molar-refractivity contribution in [2.24, 2.45) is 11.5 Å². The van der Waals surface area contributed by atoms with Crippen LogP contribution < -0.4 is 11.5 Å². The van der Waals surface area contributed by atoms with Gasteiger partial charge in [0.05, 0.1) is 0 Å². The number of nitrogens with two attached hydrogens (primary N) is 2. The van der Waals surface area contributed by atoms with Crippen LogP contribution in [0.3, 0.4) is 0 Å². The predicted molar refractivity (Wildman–Crippen MR) is 88.7 cm³/mol. The first kappa shape index (κ1) is 19.7. The Morgan fingerprint density at radius 2 is 1.53 bits per heavy atom. The Bertz CT molecular complexity index is 409. The highest BCUT2D eigenvalue weighted by molar-refractivity contribution is 7.80. The van der Waals surface area contributed by atoms with E-state index < -0.39 is 0 Å². The minimum atomic E-state index is 0.0121. The second kappa shape index (κ2) is 12.8. The van der Waals surface area contributed by atoms with E-state index in [2.05, 4.69) is 12.6 Å². The van der Waals surface area contributed by atoms with E-state index in [1.807, 2.05) is 51.1 Å². The molecule has 0 radical (unpaired) electrons. The summed E-state index contributed by atoms with van der Waals surface area (Å²) >= 11 is 4.08. The van der Waals surface area contributed by atoms with Gasteiger partial charge in [-0.15, -0.1) is 12.6 Å². The summed E-state index contributed by atoms with van der Waals surface area (Å²) in [5.41, 5.74) is 11.9. The molecule has 0 aliphatic carbocycles. The largest absolute Gasteiger partial charge is 0.398 e. The van der Waals surface area contributed by atoms with Crippen molar-refractivity contribution >= 4 is 18.5 Å². The topological polar surface area (TPSA) is 75.9 Å². The molecular formula is C15H25N3S. The minimum Gasteiger partial charge on any atom is -0.398 e. The molecule has 5 N–H and O–H groups in total. The van der Waals surface area contributed by atoms with Gasteiger partial charge in [0.2, 0.25) is 0 Å². The molecule has 0 aromatic heterocycles. The average Bonchev–Trinajstić information content (AvgIpc) is 2.42. The lowest BCUT2D eigenvalue weighted by Crippen LogP contribution is -2.17. The Hall–Kier alpha value is -1.68. The summed E-state index contributed by atoms with van der Waals surface area (Å²) < 4.78 is 0. The average molecular weight is 279 g/mol. The van der Waals surface area contributed by atoms with Gasteiger partial charge >= 0.3 is 0 Å². The lowest BCUT2D eigenvalue weighted by molar-refractivity contribution is 1.30. The van der Waals surface area contributed by atoms with Gasteiger partial charge in [-0.1, -0.05) is 44.2 Å². The zero-order chi connectivity index (χ0) is 15.3. The highest BCUT2D eigenvalue weighted by atomic mass is 32.1. The number of hydrogen-bond acceptors (Lipinski definition) is 3. The molecule has 0 spiro atoms. The van der Waals surface area contributed by atoms with Crippen LogP contribution in [0.15, 0.2) is 58.6 Å². The fourth-order valence-corrected chi connectivity index (χ4v) is 1.23. The third-order valence-electron chi connectivity index (χ3n) is 1.96. The van der Waals surface area contributed by atoms with Gasteiger partial charge in [-0.2, -0.15) is 0 Å². The van der Waals surface area contributed by atoms with E-state index in [1.54, 1.807) is 19.1 Å². The molecule has 19 heavy (non-hydrogen) atoms. The molecule has 1 rings (SSSR count). The molecule has 0 saturated heterocycles. The quantitative estimate of drug-likeness (QED) is 0.288. The molecule has 0 fully saturated rings. The van der Waals surface area contributed by atoms with Crippen molar-refractivity contribution in [3.8, 4) is 0 Å². The standard InChI is InChI=1S/C7H13N3.C6H6S.C2H6/c1-3-5(7(9)10)6(8)4-2;7-6-4-2-1-3-5-6;1-2/h3-4H,8H2,1-2H3,(H3,9,10);1-5,7H;1-2H3/b5-3+,6-4+;;. The van der Waals surface area contributed by atoms with Gasteiger partial charge in [0.1, 0.15) is 5.84 Å². The van der Waals surface area contributed by atoms with Crippen molar-refractivity contribution in [3.63, 3.8) is 0 Å². The zero-order valence-electron chi connectivity index (χ0n) is 12.1. The second-order valence-electron chi connectivity index (χ2n) is 3.20. The molecule has 0 bridgehead atoms. The van der Waals surface area contributed by atoms with E-state index in [1.165, 1.54) is 0 Å². The van der Waals surface area contributed by atoms with E-state index in [4.69, 9.17) is 16.9 Å². The molecule has 0 unspecified atom stereocenters. The number of benzene rings is 1. The monoisotopic (exact) mass is 279 g/mol. The van der Waals surface area contributed by atoms with Crippen LogP contribution in [0.5, 0.6) is 0 Å². The van der Waals surface area contributed by atoms with Crippen LogP contribution in [0.2, 0.25) is 0 Å². The molecule has 4 heteroatoms. The van der Waals surface area contributed by atoms with Crippen molar-refractivity contribution in [2.75, 3.05) is 0 Å². The first-order chi connectivity index (χ1) is 9.02. The number of amidine groups is 1.